The number of halogens is 6. The van der Waals surface area contributed by atoms with Gasteiger partial charge < -0.3 is 19.3 Å². The van der Waals surface area contributed by atoms with Gasteiger partial charge in [0.1, 0.15) is 18.5 Å². The van der Waals surface area contributed by atoms with Gasteiger partial charge in [0.15, 0.2) is 0 Å². The largest absolute Gasteiger partial charge is 0.490 e. The molecular weight excluding hydrogens is 482 g/mol. The Bertz CT molecular complexity index is 1100. The van der Waals surface area contributed by atoms with Crippen molar-refractivity contribution in [2.45, 2.75) is 37.8 Å². The molecule has 4 rings (SSSR count). The van der Waals surface area contributed by atoms with Gasteiger partial charge in [-0.15, -0.1) is 0 Å². The van der Waals surface area contributed by atoms with E-state index in [4.69, 9.17) is 9.47 Å². The predicted octanol–water partition coefficient (Wildman–Crippen LogP) is 5.42. The maximum absolute atomic E-state index is 13.2. The van der Waals surface area contributed by atoms with Gasteiger partial charge >= 0.3 is 18.4 Å². The van der Waals surface area contributed by atoms with Crippen LogP contribution >= 0.6 is 0 Å². The summed E-state index contributed by atoms with van der Waals surface area (Å²) < 4.78 is 90.0. The Balaban J connectivity index is 1.51. The fourth-order valence-corrected chi connectivity index (χ4v) is 4.17. The molecule has 1 saturated heterocycles. The number of hydrogen-bond donors (Lipinski definition) is 0. The van der Waals surface area contributed by atoms with Crippen LogP contribution in [0.5, 0.6) is 5.75 Å². The summed E-state index contributed by atoms with van der Waals surface area (Å²) in [4.78, 5) is 27.9. The molecule has 0 saturated carbocycles. The van der Waals surface area contributed by atoms with Gasteiger partial charge in [-0.25, -0.2) is 4.79 Å². The van der Waals surface area contributed by atoms with Gasteiger partial charge in [-0.1, -0.05) is 12.1 Å². The van der Waals surface area contributed by atoms with Crippen LogP contribution in [0.4, 0.5) is 36.8 Å². The third-order valence-electron chi connectivity index (χ3n) is 5.93. The van der Waals surface area contributed by atoms with E-state index >= 15 is 0 Å². The minimum absolute atomic E-state index is 0.0154. The molecule has 0 aliphatic carbocycles. The summed E-state index contributed by atoms with van der Waals surface area (Å²) in [5.74, 6) is 0.216. The molecule has 35 heavy (non-hydrogen) atoms. The SMILES string of the molecule is C[C@H]1[C@@H](c2cc(C(F)(F)F)cc(C(F)(F)F)c2)OC(=O)N1CCC(=O)N1CCOc2ccccc21. The first-order chi connectivity index (χ1) is 16.4. The number of hydrogen-bond acceptors (Lipinski definition) is 4. The number of rotatable bonds is 4. The van der Waals surface area contributed by atoms with Crippen LogP contribution in [-0.2, 0) is 21.9 Å². The fraction of sp³-hybridized carbons (Fsp3) is 0.391. The van der Waals surface area contributed by atoms with Crippen LogP contribution < -0.4 is 9.64 Å². The normalized spacial score (nSPS) is 20.4. The Hall–Kier alpha value is -3.44. The van der Waals surface area contributed by atoms with Crippen LogP contribution in [0.1, 0.15) is 36.1 Å². The molecule has 2 atom stereocenters. The monoisotopic (exact) mass is 502 g/mol. The molecule has 0 radical (unpaired) electrons. The van der Waals surface area contributed by atoms with Crippen LogP contribution in [0.15, 0.2) is 42.5 Å². The van der Waals surface area contributed by atoms with Gasteiger partial charge in [0.05, 0.1) is 29.4 Å². The molecule has 2 aromatic carbocycles. The van der Waals surface area contributed by atoms with E-state index in [9.17, 15) is 35.9 Å². The van der Waals surface area contributed by atoms with E-state index in [1.807, 2.05) is 0 Å². The van der Waals surface area contributed by atoms with Gasteiger partial charge in [-0.2, -0.15) is 26.3 Å². The van der Waals surface area contributed by atoms with Crippen molar-refractivity contribution in [2.75, 3.05) is 24.6 Å². The van der Waals surface area contributed by atoms with Crippen molar-refractivity contribution in [1.29, 1.82) is 0 Å². The lowest BCUT2D eigenvalue weighted by molar-refractivity contribution is -0.143. The molecule has 2 aliphatic heterocycles. The summed E-state index contributed by atoms with van der Waals surface area (Å²) in [7, 11) is 0. The second kappa shape index (κ2) is 8.97. The molecule has 0 spiro atoms. The van der Waals surface area contributed by atoms with E-state index in [1.54, 1.807) is 24.3 Å². The molecule has 2 amide bonds. The quantitative estimate of drug-likeness (QED) is 0.524. The predicted molar refractivity (Wildman–Crippen MR) is 111 cm³/mol. The number of amides is 2. The third-order valence-corrected chi connectivity index (χ3v) is 5.93. The van der Waals surface area contributed by atoms with E-state index in [1.165, 1.54) is 11.8 Å². The number of alkyl halides is 6. The summed E-state index contributed by atoms with van der Waals surface area (Å²) in [6, 6.07) is 7.12. The Morgan fingerprint density at radius 3 is 2.29 bits per heavy atom. The van der Waals surface area contributed by atoms with E-state index in [0.29, 0.717) is 30.1 Å². The average Bonchev–Trinajstić information content (AvgIpc) is 3.08. The van der Waals surface area contributed by atoms with Crippen LogP contribution in [0, 0.1) is 0 Å². The topological polar surface area (TPSA) is 59.1 Å². The molecule has 0 aromatic heterocycles. The number of nitrogens with zero attached hydrogens (tertiary/aromatic N) is 2. The van der Waals surface area contributed by atoms with E-state index < -0.39 is 47.3 Å². The van der Waals surface area contributed by atoms with Crippen molar-refractivity contribution in [3.8, 4) is 5.75 Å². The minimum atomic E-state index is -5.03. The molecule has 12 heteroatoms. The van der Waals surface area contributed by atoms with Crippen molar-refractivity contribution in [1.82, 2.24) is 4.90 Å². The highest BCUT2D eigenvalue weighted by atomic mass is 19.4. The molecule has 2 heterocycles. The number of cyclic esters (lactones) is 1. The number of carbonyl (C=O) groups excluding carboxylic acids is 2. The second-order valence-corrected chi connectivity index (χ2v) is 8.19. The molecule has 6 nitrogen and oxygen atoms in total. The lowest BCUT2D eigenvalue weighted by atomic mass is 9.97. The number of para-hydroxylation sites is 2. The van der Waals surface area contributed by atoms with Crippen molar-refractivity contribution < 1.29 is 45.4 Å². The van der Waals surface area contributed by atoms with Crippen LogP contribution in [-0.4, -0.2) is 42.6 Å². The Kier molecular flexibility index (Phi) is 6.32. The minimum Gasteiger partial charge on any atom is -0.490 e. The number of anilines is 1. The van der Waals surface area contributed by atoms with Crippen LogP contribution in [0.2, 0.25) is 0 Å². The summed E-state index contributed by atoms with van der Waals surface area (Å²) in [5, 5.41) is 0. The number of carbonyl (C=O) groups is 2. The highest BCUT2D eigenvalue weighted by molar-refractivity contribution is 5.95. The lowest BCUT2D eigenvalue weighted by Crippen LogP contribution is -2.41. The zero-order valence-corrected chi connectivity index (χ0v) is 18.3. The maximum Gasteiger partial charge on any atom is 0.416 e. The molecule has 2 aromatic rings. The Labute approximate surface area is 196 Å². The summed E-state index contributed by atoms with van der Waals surface area (Å²) in [6.07, 6.45) is -12.5. The third kappa shape index (κ3) is 5.01. The number of benzene rings is 2. The molecule has 0 N–H and O–H groups in total. The van der Waals surface area contributed by atoms with Crippen molar-refractivity contribution in [3.05, 3.63) is 59.2 Å². The highest BCUT2D eigenvalue weighted by Crippen LogP contribution is 2.41. The van der Waals surface area contributed by atoms with Crippen molar-refractivity contribution in [2.24, 2.45) is 0 Å². The Morgan fingerprint density at radius 2 is 1.66 bits per heavy atom. The van der Waals surface area contributed by atoms with Crippen molar-refractivity contribution >= 4 is 17.7 Å². The molecule has 1 fully saturated rings. The van der Waals surface area contributed by atoms with E-state index in [-0.39, 0.29) is 31.5 Å². The number of ether oxygens (including phenoxy) is 2. The first-order valence-corrected chi connectivity index (χ1v) is 10.6. The molecular formula is C23H20F6N2O4. The zero-order valence-electron chi connectivity index (χ0n) is 18.3. The second-order valence-electron chi connectivity index (χ2n) is 8.19. The summed E-state index contributed by atoms with van der Waals surface area (Å²) in [6.45, 7) is 1.89. The number of fused-ring (bicyclic) bond motifs is 1. The fourth-order valence-electron chi connectivity index (χ4n) is 4.17. The molecule has 188 valence electrons. The van der Waals surface area contributed by atoms with Crippen LogP contribution in [0.3, 0.4) is 0 Å². The Morgan fingerprint density at radius 1 is 1.03 bits per heavy atom. The van der Waals surface area contributed by atoms with Crippen molar-refractivity contribution in [3.63, 3.8) is 0 Å². The van der Waals surface area contributed by atoms with E-state index in [2.05, 4.69) is 0 Å². The standard InChI is InChI=1S/C23H20F6N2O4/c1-13-20(14-10-15(22(24,25)26)12-16(11-14)23(27,28)29)35-21(33)30(13)7-6-19(32)31-8-9-34-18-5-3-2-4-17(18)31/h2-5,10-13,20H,6-9H2,1H3/t13-,20-/m0/s1. The van der Waals surface area contributed by atoms with Gasteiger partial charge in [0, 0.05) is 13.0 Å². The molecule has 0 bridgehead atoms. The first-order valence-electron chi connectivity index (χ1n) is 10.6. The van der Waals surface area contributed by atoms with Crippen LogP contribution in [0.25, 0.3) is 0 Å². The van der Waals surface area contributed by atoms with Gasteiger partial charge in [0.2, 0.25) is 5.91 Å². The zero-order chi connectivity index (χ0) is 25.5. The first kappa shape index (κ1) is 24.7. The molecule has 0 unspecified atom stereocenters. The summed E-state index contributed by atoms with van der Waals surface area (Å²) in [5.41, 5.74) is -2.85. The summed E-state index contributed by atoms with van der Waals surface area (Å²) >= 11 is 0. The smallest absolute Gasteiger partial charge is 0.416 e. The molecule has 2 aliphatic rings. The van der Waals surface area contributed by atoms with Gasteiger partial charge in [-0.3, -0.25) is 4.79 Å². The van der Waals surface area contributed by atoms with Gasteiger partial charge in [0.25, 0.3) is 0 Å². The van der Waals surface area contributed by atoms with Gasteiger partial charge in [-0.05, 0) is 42.8 Å². The van der Waals surface area contributed by atoms with E-state index in [0.717, 1.165) is 4.90 Å². The maximum atomic E-state index is 13.2. The average molecular weight is 502 g/mol. The highest BCUT2D eigenvalue weighted by Gasteiger charge is 2.43. The lowest BCUT2D eigenvalue weighted by Gasteiger charge is -2.30.